The van der Waals surface area contributed by atoms with Gasteiger partial charge in [-0.3, -0.25) is 9.59 Å². The molecule has 0 radical (unpaired) electrons. The van der Waals surface area contributed by atoms with Gasteiger partial charge in [0.2, 0.25) is 0 Å². The van der Waals surface area contributed by atoms with Crippen LogP contribution in [0.2, 0.25) is 0 Å². The molecule has 4 aliphatic carbocycles. The second-order valence-corrected chi connectivity index (χ2v) is 10.9. The molecule has 2 bridgehead atoms. The van der Waals surface area contributed by atoms with Gasteiger partial charge in [0.05, 0.1) is 17.5 Å². The molecule has 0 atom stereocenters. The maximum Gasteiger partial charge on any atom is 0.309 e. The van der Waals surface area contributed by atoms with Crippen LogP contribution in [0.3, 0.4) is 0 Å². The molecule has 172 valence electrons. The van der Waals surface area contributed by atoms with E-state index in [2.05, 4.69) is 0 Å². The normalized spacial score (nSPS) is 26.3. The number of nitrogens with zero attached hydrogens (tertiary/aromatic N) is 1. The molecule has 4 saturated carbocycles. The van der Waals surface area contributed by atoms with E-state index in [1.807, 2.05) is 47.2 Å². The summed E-state index contributed by atoms with van der Waals surface area (Å²) < 4.78 is 22.4. The molecular weight excluding hydrogens is 433 g/mol. The summed E-state index contributed by atoms with van der Waals surface area (Å²) in [6.07, 6.45) is 6.19. The molecule has 0 amide bonds. The molecule has 5 nitrogen and oxygen atoms in total. The fraction of sp³-hybridized carbons (Fsp3) is 0.357. The van der Waals surface area contributed by atoms with Gasteiger partial charge in [-0.1, -0.05) is 18.2 Å². The monoisotopic (exact) mass is 457 g/mol. The molecule has 2 aromatic heterocycles. The number of benzene rings is 2. The van der Waals surface area contributed by atoms with Crippen molar-refractivity contribution in [3.8, 4) is 0 Å². The third-order valence-corrected chi connectivity index (χ3v) is 8.89. The van der Waals surface area contributed by atoms with Crippen molar-refractivity contribution in [2.45, 2.75) is 45.1 Å². The Morgan fingerprint density at radius 2 is 1.79 bits per heavy atom. The molecule has 4 fully saturated rings. The van der Waals surface area contributed by atoms with Crippen molar-refractivity contribution in [2.75, 3.05) is 0 Å². The van der Waals surface area contributed by atoms with Gasteiger partial charge >= 0.3 is 5.97 Å². The van der Waals surface area contributed by atoms with Crippen molar-refractivity contribution >= 4 is 33.6 Å². The lowest BCUT2D eigenvalue weighted by atomic mass is 9.30. The van der Waals surface area contributed by atoms with Crippen LogP contribution in [0.1, 0.15) is 54.6 Å². The highest BCUT2D eigenvalue weighted by atomic mass is 19.1. The van der Waals surface area contributed by atoms with Crippen LogP contribution in [0.15, 0.2) is 59.1 Å². The van der Waals surface area contributed by atoms with E-state index in [9.17, 15) is 19.1 Å². The van der Waals surface area contributed by atoms with Gasteiger partial charge in [-0.05, 0) is 73.3 Å². The second-order valence-electron chi connectivity index (χ2n) is 10.9. The van der Waals surface area contributed by atoms with Crippen molar-refractivity contribution < 1.29 is 23.5 Å². The first-order chi connectivity index (χ1) is 16.3. The number of hydrogen-bond donors (Lipinski definition) is 1. The Balaban J connectivity index is 1.21. The molecule has 0 unspecified atom stereocenters. The number of hydrogen-bond acceptors (Lipinski definition) is 3. The van der Waals surface area contributed by atoms with Crippen molar-refractivity contribution in [2.24, 2.45) is 16.2 Å². The SMILES string of the molecule is O=C(CC1(C23CC(C(=O)O)(C2)C3)CC1)c1cc(F)cc2ccn(Cc3cc4ccccc4o3)c12. The number of para-hydroxylation sites is 1. The topological polar surface area (TPSA) is 72.4 Å². The van der Waals surface area contributed by atoms with Gasteiger partial charge in [0.25, 0.3) is 0 Å². The Labute approximate surface area is 195 Å². The van der Waals surface area contributed by atoms with E-state index in [1.165, 1.54) is 12.1 Å². The largest absolute Gasteiger partial charge is 0.481 e. The molecule has 6 heteroatoms. The number of carboxylic acid groups (broad SMARTS) is 1. The van der Waals surface area contributed by atoms with Gasteiger partial charge in [0.15, 0.2) is 5.78 Å². The summed E-state index contributed by atoms with van der Waals surface area (Å²) in [5, 5.41) is 11.2. The zero-order chi connectivity index (χ0) is 23.3. The van der Waals surface area contributed by atoms with E-state index in [0.717, 1.165) is 35.1 Å². The van der Waals surface area contributed by atoms with E-state index >= 15 is 0 Å². The fourth-order valence-electron chi connectivity index (χ4n) is 6.97. The number of fused-ring (bicyclic) bond motifs is 2. The van der Waals surface area contributed by atoms with Gasteiger partial charge in [-0.2, -0.15) is 0 Å². The Kier molecular flexibility index (Phi) is 3.75. The first-order valence-corrected chi connectivity index (χ1v) is 11.8. The van der Waals surface area contributed by atoms with Crippen LogP contribution in [0.4, 0.5) is 4.39 Å². The molecule has 2 aromatic carbocycles. The number of carbonyl (C=O) groups excluding carboxylic acids is 1. The summed E-state index contributed by atoms with van der Waals surface area (Å²) in [7, 11) is 0. The van der Waals surface area contributed by atoms with Crippen LogP contribution in [0, 0.1) is 22.1 Å². The second kappa shape index (κ2) is 6.38. The molecule has 4 aromatic rings. The van der Waals surface area contributed by atoms with Crippen LogP contribution in [-0.4, -0.2) is 21.4 Å². The van der Waals surface area contributed by atoms with Crippen molar-refractivity contribution in [1.29, 1.82) is 0 Å². The standard InChI is InChI=1S/C28H24FNO4/c29-19-9-18-5-8-30(13-20-10-17-3-1-2-4-23(17)34-20)24(18)21(11-19)22(31)12-27(6-7-27)28-14-26(15-28,16-28)25(32)33/h1-5,8-11H,6-7,12-16H2,(H,32,33). The quantitative estimate of drug-likeness (QED) is 0.336. The predicted molar refractivity (Wildman–Crippen MR) is 124 cm³/mol. The van der Waals surface area contributed by atoms with E-state index in [0.29, 0.717) is 43.2 Å². The van der Waals surface area contributed by atoms with Gasteiger partial charge in [0.1, 0.15) is 17.2 Å². The van der Waals surface area contributed by atoms with Crippen LogP contribution in [0.5, 0.6) is 0 Å². The minimum atomic E-state index is -0.702. The maximum absolute atomic E-state index is 14.5. The van der Waals surface area contributed by atoms with E-state index in [4.69, 9.17) is 4.42 Å². The van der Waals surface area contributed by atoms with Crippen LogP contribution >= 0.6 is 0 Å². The zero-order valence-corrected chi connectivity index (χ0v) is 18.6. The molecule has 2 heterocycles. The highest BCUT2D eigenvalue weighted by Crippen LogP contribution is 2.85. The first-order valence-electron chi connectivity index (χ1n) is 11.8. The van der Waals surface area contributed by atoms with Gasteiger partial charge < -0.3 is 14.1 Å². The van der Waals surface area contributed by atoms with E-state index in [-0.39, 0.29) is 16.6 Å². The predicted octanol–water partition coefficient (Wildman–Crippen LogP) is 6.18. The minimum Gasteiger partial charge on any atom is -0.481 e. The fourth-order valence-corrected chi connectivity index (χ4v) is 6.97. The lowest BCUT2D eigenvalue weighted by molar-refractivity contribution is -0.248. The Morgan fingerprint density at radius 3 is 2.50 bits per heavy atom. The number of aliphatic carboxylic acids is 1. The molecule has 8 rings (SSSR count). The number of furan rings is 1. The molecular formula is C28H24FNO4. The highest BCUT2D eigenvalue weighted by molar-refractivity contribution is 6.07. The van der Waals surface area contributed by atoms with Gasteiger partial charge in [-0.15, -0.1) is 0 Å². The van der Waals surface area contributed by atoms with Crippen molar-refractivity contribution in [3.63, 3.8) is 0 Å². The molecule has 1 N–H and O–H groups in total. The number of carbonyl (C=O) groups is 2. The van der Waals surface area contributed by atoms with Crippen LogP contribution in [-0.2, 0) is 11.3 Å². The summed E-state index contributed by atoms with van der Waals surface area (Å²) in [6, 6.07) is 14.5. The van der Waals surface area contributed by atoms with E-state index in [1.54, 1.807) is 0 Å². The molecule has 0 aliphatic heterocycles. The molecule has 0 saturated heterocycles. The summed E-state index contributed by atoms with van der Waals surface area (Å²) in [4.78, 5) is 25.2. The average Bonchev–Trinajstić information content (AvgIpc) is 3.20. The number of Topliss-reactive ketones (excluding diaryl/α,β-unsaturated/α-hetero) is 1. The number of carboxylic acids is 1. The number of rotatable bonds is 7. The van der Waals surface area contributed by atoms with E-state index < -0.39 is 17.2 Å². The summed E-state index contributed by atoms with van der Waals surface area (Å²) in [6.45, 7) is 0.445. The summed E-state index contributed by atoms with van der Waals surface area (Å²) >= 11 is 0. The Bertz CT molecular complexity index is 1470. The van der Waals surface area contributed by atoms with Gasteiger partial charge in [-0.25, -0.2) is 4.39 Å². The molecule has 34 heavy (non-hydrogen) atoms. The lowest BCUT2D eigenvalue weighted by Crippen LogP contribution is -2.69. The smallest absolute Gasteiger partial charge is 0.309 e. The van der Waals surface area contributed by atoms with Crippen LogP contribution in [0.25, 0.3) is 21.9 Å². The first kappa shape index (κ1) is 20.0. The van der Waals surface area contributed by atoms with Crippen molar-refractivity contribution in [3.05, 3.63) is 71.9 Å². The Hall–Kier alpha value is -3.41. The Morgan fingerprint density at radius 1 is 1.03 bits per heavy atom. The summed E-state index contributed by atoms with van der Waals surface area (Å²) in [5.41, 5.74) is 1.26. The van der Waals surface area contributed by atoms with Gasteiger partial charge in [0, 0.05) is 29.0 Å². The average molecular weight is 458 g/mol. The number of aromatic nitrogens is 1. The third kappa shape index (κ3) is 2.59. The third-order valence-electron chi connectivity index (χ3n) is 8.89. The zero-order valence-electron chi connectivity index (χ0n) is 18.6. The number of ketones is 1. The minimum absolute atomic E-state index is 0.0102. The highest BCUT2D eigenvalue weighted by Gasteiger charge is 2.80. The maximum atomic E-state index is 14.5. The number of halogens is 1. The molecule has 4 aliphatic rings. The van der Waals surface area contributed by atoms with Crippen LogP contribution < -0.4 is 0 Å². The van der Waals surface area contributed by atoms with Crippen molar-refractivity contribution in [1.82, 2.24) is 4.57 Å². The lowest BCUT2D eigenvalue weighted by Gasteiger charge is -2.72. The molecule has 0 spiro atoms. The summed E-state index contributed by atoms with van der Waals surface area (Å²) in [5.74, 6) is -0.405.